The molecule has 5 radical (unpaired) electrons. The van der Waals surface area contributed by atoms with E-state index in [1.165, 1.54) is 36.3 Å². The van der Waals surface area contributed by atoms with Crippen LogP contribution in [0.1, 0.15) is 43.9 Å². The van der Waals surface area contributed by atoms with E-state index in [9.17, 15) is 4.79 Å². The monoisotopic (exact) mass is 389 g/mol. The molecule has 2 fully saturated rings. The van der Waals surface area contributed by atoms with Gasteiger partial charge in [0.05, 0.1) is 7.11 Å². The molecule has 5 rings (SSSR count). The average Bonchev–Trinajstić information content (AvgIpc) is 3.27. The van der Waals surface area contributed by atoms with Crippen molar-refractivity contribution >= 4 is 16.9 Å². The Bertz CT molecular complexity index is 915. The number of nitrogens with one attached hydrogen (secondary N) is 1. The number of aromatic amines is 1. The minimum absolute atomic E-state index is 0.152. The van der Waals surface area contributed by atoms with Crippen molar-refractivity contribution < 1.29 is 9.53 Å². The van der Waals surface area contributed by atoms with Crippen molar-refractivity contribution in [3.05, 3.63) is 66.6 Å². The van der Waals surface area contributed by atoms with Crippen LogP contribution in [0.15, 0.2) is 24.3 Å². The van der Waals surface area contributed by atoms with Crippen molar-refractivity contribution in [2.24, 2.45) is 5.41 Å². The van der Waals surface area contributed by atoms with Gasteiger partial charge in [-0.15, -0.1) is 0 Å². The van der Waals surface area contributed by atoms with Crippen LogP contribution in [0.4, 0.5) is 0 Å². The Balaban J connectivity index is 1.54. The van der Waals surface area contributed by atoms with Gasteiger partial charge in [-0.3, -0.25) is 9.69 Å². The van der Waals surface area contributed by atoms with Crippen LogP contribution < -0.4 is 0 Å². The third-order valence-electron chi connectivity index (χ3n) is 7.13. The van der Waals surface area contributed by atoms with Crippen LogP contribution >= 0.6 is 0 Å². The lowest BCUT2D eigenvalue weighted by atomic mass is 9.63. The van der Waals surface area contributed by atoms with Gasteiger partial charge >= 0.3 is 5.97 Å². The third kappa shape index (κ3) is 3.11. The molecule has 29 heavy (non-hydrogen) atoms. The van der Waals surface area contributed by atoms with E-state index in [0.29, 0.717) is 12.6 Å². The Morgan fingerprint density at radius 2 is 2.03 bits per heavy atom. The fourth-order valence-electron chi connectivity index (χ4n) is 5.70. The molecule has 0 saturated heterocycles. The number of rotatable bonds is 2. The second-order valence-electron chi connectivity index (χ2n) is 9.28. The van der Waals surface area contributed by atoms with Crippen LogP contribution in [0.3, 0.4) is 0 Å². The van der Waals surface area contributed by atoms with Gasteiger partial charge in [0.15, 0.2) is 0 Å². The molecule has 1 aromatic carbocycles. The summed E-state index contributed by atoms with van der Waals surface area (Å²) in [6, 6.07) is 8.69. The highest BCUT2D eigenvalue weighted by Crippen LogP contribution is 2.53. The standard InChI is InChI=1S/C25H29N2O2/c1-25(2)13-11-16-7-6-9-17(16)23(25)27-14-12-19-18-8-4-5-10-21(18)26-22(19)20(15-27)24(28)29-3/h4-10,20,23,26H,11-15H2,1-3H3/t20?,23-/m1/s1. The zero-order valence-corrected chi connectivity index (χ0v) is 17.5. The Morgan fingerprint density at radius 3 is 2.86 bits per heavy atom. The van der Waals surface area contributed by atoms with Gasteiger partial charge in [-0.1, -0.05) is 32.0 Å². The average molecular weight is 390 g/mol. The number of carbonyl (C=O) groups excluding carboxylic acids is 1. The fraction of sp³-hybridized carbons (Fsp3) is 0.440. The first-order valence-corrected chi connectivity index (χ1v) is 10.7. The Kier molecular flexibility index (Phi) is 4.73. The zero-order chi connectivity index (χ0) is 20.2. The van der Waals surface area contributed by atoms with E-state index in [1.54, 1.807) is 0 Å². The maximum absolute atomic E-state index is 12.9. The number of esters is 1. The minimum Gasteiger partial charge on any atom is -0.468 e. The SMILES string of the molecule is COC(=O)C1CN([C@@H]2[C]3[CH][CH][CH][C]3CCC2(C)C)CCc2c1[nH]c1ccccc21. The number of fused-ring (bicyclic) bond motifs is 4. The number of hydrogen-bond acceptors (Lipinski definition) is 3. The summed E-state index contributed by atoms with van der Waals surface area (Å²) in [5, 5.41) is 1.23. The highest BCUT2D eigenvalue weighted by molar-refractivity contribution is 5.88. The van der Waals surface area contributed by atoms with E-state index >= 15 is 0 Å². The fourth-order valence-corrected chi connectivity index (χ4v) is 5.70. The van der Waals surface area contributed by atoms with Crippen LogP contribution in [0.25, 0.3) is 10.9 Å². The predicted octanol–water partition coefficient (Wildman–Crippen LogP) is 4.25. The van der Waals surface area contributed by atoms with Crippen LogP contribution in [0, 0.1) is 36.5 Å². The number of methoxy groups -OCH3 is 1. The summed E-state index contributed by atoms with van der Waals surface area (Å²) in [6.07, 6.45) is 9.99. The molecule has 4 nitrogen and oxygen atoms in total. The lowest BCUT2D eigenvalue weighted by Crippen LogP contribution is -2.53. The molecule has 0 bridgehead atoms. The topological polar surface area (TPSA) is 45.3 Å². The van der Waals surface area contributed by atoms with E-state index in [-0.39, 0.29) is 17.3 Å². The number of para-hydroxylation sites is 1. The summed E-state index contributed by atoms with van der Waals surface area (Å²) in [4.78, 5) is 19.0. The molecule has 4 heteroatoms. The molecule has 1 aromatic heterocycles. The summed E-state index contributed by atoms with van der Waals surface area (Å²) in [5.74, 6) is 2.47. The van der Waals surface area contributed by atoms with Crippen molar-refractivity contribution in [2.45, 2.75) is 45.1 Å². The maximum Gasteiger partial charge on any atom is 0.315 e. The quantitative estimate of drug-likeness (QED) is 0.781. The molecule has 3 aliphatic rings. The molecular weight excluding hydrogens is 360 g/mol. The molecule has 151 valence electrons. The molecular formula is C25H29N2O2. The van der Waals surface area contributed by atoms with Crippen molar-refractivity contribution in [3.63, 3.8) is 0 Å². The van der Waals surface area contributed by atoms with Gasteiger partial charge in [0.2, 0.25) is 0 Å². The summed E-state index contributed by atoms with van der Waals surface area (Å²) in [6.45, 7) is 6.38. The number of ether oxygens (including phenoxy) is 1. The van der Waals surface area contributed by atoms with E-state index in [0.717, 1.165) is 30.6 Å². The normalized spacial score (nSPS) is 28.1. The number of aromatic nitrogens is 1. The second-order valence-corrected chi connectivity index (χ2v) is 9.28. The summed E-state index contributed by atoms with van der Waals surface area (Å²) in [5.41, 5.74) is 3.59. The smallest absolute Gasteiger partial charge is 0.315 e. The van der Waals surface area contributed by atoms with Gasteiger partial charge in [-0.05, 0) is 61.5 Å². The molecule has 0 spiro atoms. The highest BCUT2D eigenvalue weighted by atomic mass is 16.5. The Hall–Kier alpha value is -1.81. The van der Waals surface area contributed by atoms with Crippen molar-refractivity contribution in [1.82, 2.24) is 9.88 Å². The first-order chi connectivity index (χ1) is 14.0. The molecule has 2 aliphatic carbocycles. The van der Waals surface area contributed by atoms with Gasteiger partial charge in [-0.2, -0.15) is 0 Å². The molecule has 2 atom stereocenters. The number of nitrogens with zero attached hydrogens (tertiary/aromatic N) is 1. The van der Waals surface area contributed by atoms with Crippen molar-refractivity contribution in [2.75, 3.05) is 20.2 Å². The van der Waals surface area contributed by atoms with Crippen LogP contribution in [-0.4, -0.2) is 42.1 Å². The van der Waals surface area contributed by atoms with Crippen molar-refractivity contribution in [1.29, 1.82) is 0 Å². The first-order valence-electron chi connectivity index (χ1n) is 10.7. The zero-order valence-electron chi connectivity index (χ0n) is 17.5. The molecule has 1 aliphatic heterocycles. The molecule has 2 aromatic rings. The minimum atomic E-state index is -0.291. The van der Waals surface area contributed by atoms with E-state index in [2.05, 4.69) is 61.2 Å². The van der Waals surface area contributed by atoms with E-state index in [4.69, 9.17) is 4.74 Å². The van der Waals surface area contributed by atoms with E-state index < -0.39 is 0 Å². The molecule has 0 amide bonds. The van der Waals surface area contributed by atoms with Gasteiger partial charge in [0.1, 0.15) is 5.92 Å². The van der Waals surface area contributed by atoms with Gasteiger partial charge in [0, 0.05) is 41.6 Å². The largest absolute Gasteiger partial charge is 0.468 e. The van der Waals surface area contributed by atoms with Gasteiger partial charge < -0.3 is 9.72 Å². The molecule has 2 heterocycles. The van der Waals surface area contributed by atoms with Gasteiger partial charge in [0.25, 0.3) is 0 Å². The molecule has 1 unspecified atom stereocenters. The Morgan fingerprint density at radius 1 is 1.21 bits per heavy atom. The second kappa shape index (κ2) is 7.16. The van der Waals surface area contributed by atoms with Gasteiger partial charge in [-0.25, -0.2) is 0 Å². The predicted molar refractivity (Wildman–Crippen MR) is 115 cm³/mol. The lowest BCUT2D eigenvalue weighted by Gasteiger charge is -2.50. The summed E-state index contributed by atoms with van der Waals surface area (Å²) in [7, 11) is 1.50. The summed E-state index contributed by atoms with van der Waals surface area (Å²) < 4.78 is 5.25. The highest BCUT2D eigenvalue weighted by Gasteiger charge is 2.50. The third-order valence-corrected chi connectivity index (χ3v) is 7.13. The number of hydrogen-bond donors (Lipinski definition) is 1. The van der Waals surface area contributed by atoms with Crippen molar-refractivity contribution in [3.8, 4) is 0 Å². The molecule has 2 saturated carbocycles. The van der Waals surface area contributed by atoms with Crippen LogP contribution in [0.2, 0.25) is 0 Å². The first kappa shape index (κ1) is 19.2. The number of benzene rings is 1. The Labute approximate surface area is 174 Å². The van der Waals surface area contributed by atoms with Crippen LogP contribution in [-0.2, 0) is 16.0 Å². The summed E-state index contributed by atoms with van der Waals surface area (Å²) >= 11 is 0. The van der Waals surface area contributed by atoms with Crippen LogP contribution in [0.5, 0.6) is 0 Å². The number of H-pyrrole nitrogens is 1. The van der Waals surface area contributed by atoms with E-state index in [1.807, 2.05) is 6.07 Å². The maximum atomic E-state index is 12.9. The molecule has 1 N–H and O–H groups in total. The number of carbonyl (C=O) groups is 1. The lowest BCUT2D eigenvalue weighted by molar-refractivity contribution is -0.143.